The first-order valence-corrected chi connectivity index (χ1v) is 13.7. The van der Waals surface area contributed by atoms with Crippen molar-refractivity contribution in [1.82, 2.24) is 9.21 Å². The van der Waals surface area contributed by atoms with Crippen molar-refractivity contribution in [3.63, 3.8) is 0 Å². The van der Waals surface area contributed by atoms with Gasteiger partial charge in [-0.1, -0.05) is 50.2 Å². The molecule has 10 heteroatoms. The fraction of sp³-hybridized carbons (Fsp3) is 0.346. The van der Waals surface area contributed by atoms with Crippen LogP contribution in [0.1, 0.15) is 35.4 Å². The number of carbonyl (C=O) groups excluding carboxylic acids is 1. The molecule has 3 aromatic rings. The number of nitrogens with zero attached hydrogens (tertiary/aromatic N) is 2. The van der Waals surface area contributed by atoms with Crippen LogP contribution in [0.15, 0.2) is 70.9 Å². The molecule has 1 amide bonds. The second kappa shape index (κ2) is 11.6. The van der Waals surface area contributed by atoms with E-state index in [1.165, 1.54) is 11.3 Å². The highest BCUT2D eigenvalue weighted by atomic mass is 32.2. The minimum atomic E-state index is -4.69. The molecule has 1 heterocycles. The zero-order valence-electron chi connectivity index (χ0n) is 20.3. The van der Waals surface area contributed by atoms with Gasteiger partial charge in [-0.2, -0.15) is 17.5 Å². The maximum atomic E-state index is 13.5. The lowest BCUT2D eigenvalue weighted by Crippen LogP contribution is -2.43. The highest BCUT2D eigenvalue weighted by Crippen LogP contribution is 2.31. The summed E-state index contributed by atoms with van der Waals surface area (Å²) in [7, 11) is -4.36. The number of aryl methyl sites for hydroxylation is 1. The smallest absolute Gasteiger partial charge is 0.332 e. The molecule has 0 unspecified atom stereocenters. The molecule has 2 aromatic carbocycles. The summed E-state index contributed by atoms with van der Waals surface area (Å²) in [6.45, 7) is 5.61. The molecule has 1 aromatic heterocycles. The third kappa shape index (κ3) is 7.18. The van der Waals surface area contributed by atoms with Crippen molar-refractivity contribution in [2.45, 2.75) is 44.9 Å². The van der Waals surface area contributed by atoms with Gasteiger partial charge in [0.15, 0.2) is 0 Å². The third-order valence-electron chi connectivity index (χ3n) is 5.55. The van der Waals surface area contributed by atoms with E-state index >= 15 is 0 Å². The molecular weight excluding hydrogens is 509 g/mol. The summed E-state index contributed by atoms with van der Waals surface area (Å²) >= 11 is 1.51. The van der Waals surface area contributed by atoms with Gasteiger partial charge in [0.25, 0.3) is 0 Å². The molecule has 0 fully saturated rings. The lowest BCUT2D eigenvalue weighted by atomic mass is 10.2. The number of rotatable bonds is 10. The van der Waals surface area contributed by atoms with E-state index in [4.69, 9.17) is 0 Å². The Hall–Kier alpha value is -2.69. The van der Waals surface area contributed by atoms with Gasteiger partial charge in [-0.25, -0.2) is 8.42 Å². The van der Waals surface area contributed by atoms with E-state index in [-0.39, 0.29) is 19.0 Å². The Morgan fingerprint density at radius 2 is 1.69 bits per heavy atom. The first kappa shape index (κ1) is 27.9. The fourth-order valence-electron chi connectivity index (χ4n) is 3.66. The Bertz CT molecular complexity index is 1270. The molecule has 0 spiro atoms. The van der Waals surface area contributed by atoms with E-state index in [0.717, 1.165) is 38.5 Å². The van der Waals surface area contributed by atoms with E-state index in [2.05, 4.69) is 0 Å². The molecule has 0 aliphatic heterocycles. The SMILES string of the molecule is Cc1ccsc1CN(Cc1ccccc1)C(=O)CN(CC(C)C)S(=O)(=O)c1cccc(C(F)(F)F)c1. The summed E-state index contributed by atoms with van der Waals surface area (Å²) in [6, 6.07) is 14.9. The quantitative estimate of drug-likeness (QED) is 0.321. The largest absolute Gasteiger partial charge is 0.416 e. The molecule has 3 rings (SSSR count). The van der Waals surface area contributed by atoms with E-state index in [0.29, 0.717) is 12.6 Å². The number of carbonyl (C=O) groups is 1. The van der Waals surface area contributed by atoms with Gasteiger partial charge in [0.1, 0.15) is 0 Å². The maximum absolute atomic E-state index is 13.5. The summed E-state index contributed by atoms with van der Waals surface area (Å²) in [5.41, 5.74) is 0.857. The van der Waals surface area contributed by atoms with Crippen LogP contribution in [0, 0.1) is 12.8 Å². The van der Waals surface area contributed by atoms with Crippen LogP contribution >= 0.6 is 11.3 Å². The second-order valence-electron chi connectivity index (χ2n) is 8.98. The van der Waals surface area contributed by atoms with Crippen molar-refractivity contribution in [2.75, 3.05) is 13.1 Å². The Morgan fingerprint density at radius 1 is 1.00 bits per heavy atom. The number of alkyl halides is 3. The lowest BCUT2D eigenvalue weighted by Gasteiger charge is -2.28. The minimum absolute atomic E-state index is 0.0124. The van der Waals surface area contributed by atoms with Crippen molar-refractivity contribution < 1.29 is 26.4 Å². The molecule has 0 N–H and O–H groups in total. The normalized spacial score (nSPS) is 12.3. The van der Waals surface area contributed by atoms with Gasteiger partial charge in [0.2, 0.25) is 15.9 Å². The Balaban J connectivity index is 1.92. The van der Waals surface area contributed by atoms with Crippen LogP contribution in [0.2, 0.25) is 0 Å². The zero-order valence-corrected chi connectivity index (χ0v) is 22.0. The molecule has 36 heavy (non-hydrogen) atoms. The van der Waals surface area contributed by atoms with Gasteiger partial charge in [0, 0.05) is 18.0 Å². The van der Waals surface area contributed by atoms with Gasteiger partial charge < -0.3 is 4.90 Å². The minimum Gasteiger partial charge on any atom is -0.332 e. The van der Waals surface area contributed by atoms with Crippen LogP contribution in [-0.2, 0) is 34.1 Å². The number of hydrogen-bond donors (Lipinski definition) is 0. The summed E-state index contributed by atoms with van der Waals surface area (Å²) in [5, 5.41) is 1.93. The van der Waals surface area contributed by atoms with E-state index in [1.807, 2.05) is 48.7 Å². The van der Waals surface area contributed by atoms with Gasteiger partial charge in [0.05, 0.1) is 23.5 Å². The molecule has 0 saturated carbocycles. The van der Waals surface area contributed by atoms with Gasteiger partial charge >= 0.3 is 6.18 Å². The average molecular weight is 539 g/mol. The van der Waals surface area contributed by atoms with Gasteiger partial charge in [-0.3, -0.25) is 4.79 Å². The molecule has 0 aliphatic rings. The van der Waals surface area contributed by atoms with Crippen molar-refractivity contribution in [2.24, 2.45) is 5.92 Å². The van der Waals surface area contributed by atoms with E-state index in [1.54, 1.807) is 18.7 Å². The molecule has 0 saturated heterocycles. The number of amides is 1. The number of thiophene rings is 1. The first-order chi connectivity index (χ1) is 16.9. The van der Waals surface area contributed by atoms with Crippen LogP contribution in [0.4, 0.5) is 13.2 Å². The van der Waals surface area contributed by atoms with Crippen molar-refractivity contribution in [1.29, 1.82) is 0 Å². The van der Waals surface area contributed by atoms with Crippen LogP contribution in [-0.4, -0.2) is 36.6 Å². The predicted octanol–water partition coefficient (Wildman–Crippen LogP) is 5.95. The number of sulfonamides is 1. The van der Waals surface area contributed by atoms with Crippen molar-refractivity contribution in [3.8, 4) is 0 Å². The third-order valence-corrected chi connectivity index (χ3v) is 8.37. The summed E-state index contributed by atoms with van der Waals surface area (Å²) < 4.78 is 67.5. The van der Waals surface area contributed by atoms with E-state index in [9.17, 15) is 26.4 Å². The molecule has 0 atom stereocenters. The topological polar surface area (TPSA) is 57.7 Å². The molecule has 0 aliphatic carbocycles. The molecule has 5 nitrogen and oxygen atoms in total. The molecule has 194 valence electrons. The van der Waals surface area contributed by atoms with Crippen molar-refractivity contribution >= 4 is 27.3 Å². The summed E-state index contributed by atoms with van der Waals surface area (Å²) in [4.78, 5) is 15.6. The second-order valence-corrected chi connectivity index (χ2v) is 11.9. The van der Waals surface area contributed by atoms with Crippen molar-refractivity contribution in [3.05, 3.63) is 87.6 Å². The Labute approximate surface area is 214 Å². The number of benzene rings is 2. The Kier molecular flexibility index (Phi) is 8.97. The van der Waals surface area contributed by atoms with Crippen LogP contribution in [0.25, 0.3) is 0 Å². The van der Waals surface area contributed by atoms with Crippen LogP contribution in [0.3, 0.4) is 0 Å². The lowest BCUT2D eigenvalue weighted by molar-refractivity contribution is -0.137. The summed E-state index contributed by atoms with van der Waals surface area (Å²) in [6.07, 6.45) is -4.69. The van der Waals surface area contributed by atoms with Gasteiger partial charge in [-0.15, -0.1) is 11.3 Å². The first-order valence-electron chi connectivity index (χ1n) is 11.4. The fourth-order valence-corrected chi connectivity index (χ4v) is 6.18. The molecule has 0 radical (unpaired) electrons. The highest BCUT2D eigenvalue weighted by molar-refractivity contribution is 7.89. The number of hydrogen-bond acceptors (Lipinski definition) is 4. The highest BCUT2D eigenvalue weighted by Gasteiger charge is 2.34. The maximum Gasteiger partial charge on any atom is 0.416 e. The standard InChI is InChI=1S/C26H29F3N2O3S2/c1-19(2)15-31(36(33,34)23-11-7-10-22(14-23)26(27,28)29)18-25(32)30(16-21-8-5-4-6-9-21)17-24-20(3)12-13-35-24/h4-14,19H,15-18H2,1-3H3. The van der Waals surface area contributed by atoms with Crippen LogP contribution in [0.5, 0.6) is 0 Å². The summed E-state index contributed by atoms with van der Waals surface area (Å²) in [5.74, 6) is -0.580. The zero-order chi connectivity index (χ0) is 26.5. The van der Waals surface area contributed by atoms with E-state index < -0.39 is 39.1 Å². The predicted molar refractivity (Wildman–Crippen MR) is 135 cm³/mol. The monoisotopic (exact) mass is 538 g/mol. The molecular formula is C26H29F3N2O3S2. The number of halogens is 3. The molecule has 0 bridgehead atoms. The van der Waals surface area contributed by atoms with Gasteiger partial charge in [-0.05, 0) is 53.6 Å². The average Bonchev–Trinajstić information content (AvgIpc) is 3.22. The van der Waals surface area contributed by atoms with Crippen LogP contribution < -0.4 is 0 Å². The Morgan fingerprint density at radius 3 is 2.28 bits per heavy atom.